The molecule has 1 saturated carbocycles. The summed E-state index contributed by atoms with van der Waals surface area (Å²) < 4.78 is 0. The number of aliphatic hydroxyl groups excluding tert-OH is 1. The molecular formula is C15H23ClN2O. The lowest BCUT2D eigenvalue weighted by Crippen LogP contribution is -2.29. The van der Waals surface area contributed by atoms with Gasteiger partial charge in [0.2, 0.25) is 0 Å². The molecule has 106 valence electrons. The van der Waals surface area contributed by atoms with E-state index < -0.39 is 0 Å². The van der Waals surface area contributed by atoms with Crippen molar-refractivity contribution in [1.29, 1.82) is 0 Å². The predicted molar refractivity (Wildman–Crippen MR) is 80.9 cm³/mol. The molecule has 0 unspecified atom stereocenters. The van der Waals surface area contributed by atoms with Gasteiger partial charge in [0.1, 0.15) is 0 Å². The molecule has 19 heavy (non-hydrogen) atoms. The first kappa shape index (κ1) is 14.6. The fraction of sp³-hybridized carbons (Fsp3) is 0.600. The van der Waals surface area contributed by atoms with Crippen LogP contribution < -0.4 is 10.2 Å². The first-order chi connectivity index (χ1) is 9.24. The summed E-state index contributed by atoms with van der Waals surface area (Å²) in [6, 6.07) is 6.71. The highest BCUT2D eigenvalue weighted by molar-refractivity contribution is 6.30. The van der Waals surface area contributed by atoms with Gasteiger partial charge >= 0.3 is 0 Å². The average molecular weight is 283 g/mol. The van der Waals surface area contributed by atoms with Gasteiger partial charge in [0.15, 0.2) is 0 Å². The summed E-state index contributed by atoms with van der Waals surface area (Å²) in [5.41, 5.74) is 2.41. The van der Waals surface area contributed by atoms with E-state index in [0.717, 1.165) is 24.5 Å². The molecule has 2 N–H and O–H groups in total. The van der Waals surface area contributed by atoms with Gasteiger partial charge in [-0.3, -0.25) is 0 Å². The Balaban J connectivity index is 2.14. The van der Waals surface area contributed by atoms with Gasteiger partial charge in [-0.2, -0.15) is 0 Å². The molecule has 0 saturated heterocycles. The third kappa shape index (κ3) is 4.37. The first-order valence-electron chi connectivity index (χ1n) is 7.12. The van der Waals surface area contributed by atoms with E-state index in [1.54, 1.807) is 0 Å². The van der Waals surface area contributed by atoms with Gasteiger partial charge in [-0.05, 0) is 43.0 Å². The lowest BCUT2D eigenvalue weighted by Gasteiger charge is -2.26. The normalized spacial score (nSPS) is 14.7. The van der Waals surface area contributed by atoms with Crippen LogP contribution in [0.1, 0.15) is 31.7 Å². The number of hydrogen-bond donors (Lipinski definition) is 2. The van der Waals surface area contributed by atoms with Gasteiger partial charge in [0, 0.05) is 36.4 Å². The molecule has 1 aliphatic rings. The van der Waals surface area contributed by atoms with Crippen LogP contribution in [0.2, 0.25) is 5.02 Å². The SMILES string of the molecule is CCCN(CCO)c1ccc(Cl)cc1CNC1CC1. The maximum Gasteiger partial charge on any atom is 0.0606 e. The van der Waals surface area contributed by atoms with Gasteiger partial charge in [-0.15, -0.1) is 0 Å². The van der Waals surface area contributed by atoms with E-state index in [1.165, 1.54) is 24.1 Å². The zero-order valence-electron chi connectivity index (χ0n) is 11.5. The number of nitrogens with one attached hydrogen (secondary N) is 1. The highest BCUT2D eigenvalue weighted by atomic mass is 35.5. The van der Waals surface area contributed by atoms with Crippen LogP contribution >= 0.6 is 11.6 Å². The summed E-state index contributed by atoms with van der Waals surface area (Å²) in [4.78, 5) is 2.24. The number of halogens is 1. The molecule has 0 aliphatic heterocycles. The monoisotopic (exact) mass is 282 g/mol. The van der Waals surface area contributed by atoms with Crippen molar-refractivity contribution in [3.05, 3.63) is 28.8 Å². The van der Waals surface area contributed by atoms with Gasteiger partial charge in [-0.25, -0.2) is 0 Å². The van der Waals surface area contributed by atoms with Gasteiger partial charge in [0.25, 0.3) is 0 Å². The summed E-state index contributed by atoms with van der Waals surface area (Å²) in [5, 5.41) is 13.5. The number of aliphatic hydroxyl groups is 1. The van der Waals surface area contributed by atoms with Crippen molar-refractivity contribution in [3.63, 3.8) is 0 Å². The molecule has 1 aliphatic carbocycles. The van der Waals surface area contributed by atoms with Crippen molar-refractivity contribution >= 4 is 17.3 Å². The van der Waals surface area contributed by atoms with Gasteiger partial charge < -0.3 is 15.3 Å². The van der Waals surface area contributed by atoms with Crippen molar-refractivity contribution in [2.24, 2.45) is 0 Å². The Morgan fingerprint density at radius 2 is 2.16 bits per heavy atom. The van der Waals surface area contributed by atoms with E-state index in [4.69, 9.17) is 11.6 Å². The van der Waals surface area contributed by atoms with E-state index in [-0.39, 0.29) is 6.61 Å². The van der Waals surface area contributed by atoms with Crippen LogP contribution in [0.15, 0.2) is 18.2 Å². The van der Waals surface area contributed by atoms with Crippen LogP contribution in [-0.2, 0) is 6.54 Å². The molecule has 1 aromatic rings. The zero-order valence-corrected chi connectivity index (χ0v) is 12.3. The molecule has 0 aromatic heterocycles. The minimum atomic E-state index is 0.179. The lowest BCUT2D eigenvalue weighted by molar-refractivity contribution is 0.301. The third-order valence-electron chi connectivity index (χ3n) is 3.40. The zero-order chi connectivity index (χ0) is 13.7. The molecule has 0 heterocycles. The molecule has 3 nitrogen and oxygen atoms in total. The van der Waals surface area contributed by atoms with Crippen LogP contribution in [0.3, 0.4) is 0 Å². The second-order valence-corrected chi connectivity index (χ2v) is 5.58. The van der Waals surface area contributed by atoms with E-state index in [9.17, 15) is 5.11 Å². The fourth-order valence-corrected chi connectivity index (χ4v) is 2.48. The van der Waals surface area contributed by atoms with E-state index in [1.807, 2.05) is 12.1 Å². The fourth-order valence-electron chi connectivity index (χ4n) is 2.29. The Bertz CT molecular complexity index is 401. The number of rotatable bonds is 8. The number of hydrogen-bond acceptors (Lipinski definition) is 3. The Morgan fingerprint density at radius 3 is 2.79 bits per heavy atom. The van der Waals surface area contributed by atoms with Gasteiger partial charge in [0.05, 0.1) is 6.61 Å². The molecule has 0 bridgehead atoms. The Kier molecular flexibility index (Phi) is 5.49. The molecule has 4 heteroatoms. The molecule has 1 aromatic carbocycles. The van der Waals surface area contributed by atoms with E-state index in [0.29, 0.717) is 12.6 Å². The quantitative estimate of drug-likeness (QED) is 0.770. The first-order valence-corrected chi connectivity index (χ1v) is 7.50. The number of nitrogens with zero attached hydrogens (tertiary/aromatic N) is 1. The Labute approximate surface area is 120 Å². The minimum Gasteiger partial charge on any atom is -0.395 e. The standard InChI is InChI=1S/C15H23ClN2O/c1-2-7-18(8-9-19)15-6-3-13(16)10-12(15)11-17-14-4-5-14/h3,6,10,14,17,19H,2,4-5,7-9,11H2,1H3. The summed E-state index contributed by atoms with van der Waals surface area (Å²) in [5.74, 6) is 0. The van der Waals surface area contributed by atoms with Crippen molar-refractivity contribution in [3.8, 4) is 0 Å². The van der Waals surface area contributed by atoms with Gasteiger partial charge in [-0.1, -0.05) is 18.5 Å². The Morgan fingerprint density at radius 1 is 1.37 bits per heavy atom. The van der Waals surface area contributed by atoms with Crippen molar-refractivity contribution in [2.45, 2.75) is 38.8 Å². The lowest BCUT2D eigenvalue weighted by atomic mass is 10.1. The summed E-state index contributed by atoms with van der Waals surface area (Å²) >= 11 is 6.11. The predicted octanol–water partition coefficient (Wildman–Crippen LogP) is 2.80. The summed E-state index contributed by atoms with van der Waals surface area (Å²) in [6.07, 6.45) is 3.63. The summed E-state index contributed by atoms with van der Waals surface area (Å²) in [6.45, 7) is 4.82. The summed E-state index contributed by atoms with van der Waals surface area (Å²) in [7, 11) is 0. The second kappa shape index (κ2) is 7.13. The smallest absolute Gasteiger partial charge is 0.0606 e. The number of anilines is 1. The second-order valence-electron chi connectivity index (χ2n) is 5.14. The van der Waals surface area contributed by atoms with Crippen LogP contribution in [0.25, 0.3) is 0 Å². The van der Waals surface area contributed by atoms with Crippen molar-refractivity contribution in [1.82, 2.24) is 5.32 Å². The highest BCUT2D eigenvalue weighted by Crippen LogP contribution is 2.26. The Hall–Kier alpha value is -0.770. The van der Waals surface area contributed by atoms with Crippen LogP contribution in [0.5, 0.6) is 0 Å². The average Bonchev–Trinajstić information content (AvgIpc) is 3.20. The molecule has 0 amide bonds. The third-order valence-corrected chi connectivity index (χ3v) is 3.64. The largest absolute Gasteiger partial charge is 0.395 e. The molecule has 1 fully saturated rings. The maximum atomic E-state index is 9.21. The van der Waals surface area contributed by atoms with Crippen molar-refractivity contribution in [2.75, 3.05) is 24.6 Å². The number of benzene rings is 1. The van der Waals surface area contributed by atoms with Crippen LogP contribution in [0.4, 0.5) is 5.69 Å². The highest BCUT2D eigenvalue weighted by Gasteiger charge is 2.21. The minimum absolute atomic E-state index is 0.179. The molecule has 0 atom stereocenters. The van der Waals surface area contributed by atoms with Crippen molar-refractivity contribution < 1.29 is 5.11 Å². The maximum absolute atomic E-state index is 9.21. The van der Waals surface area contributed by atoms with Crippen LogP contribution in [0, 0.1) is 0 Å². The molecule has 0 radical (unpaired) electrons. The molecular weight excluding hydrogens is 260 g/mol. The van der Waals surface area contributed by atoms with E-state index >= 15 is 0 Å². The van der Waals surface area contributed by atoms with E-state index in [2.05, 4.69) is 23.2 Å². The topological polar surface area (TPSA) is 35.5 Å². The molecule has 0 spiro atoms. The van der Waals surface area contributed by atoms with Crippen LogP contribution in [-0.4, -0.2) is 30.8 Å². The molecule has 2 rings (SSSR count).